The van der Waals surface area contributed by atoms with Crippen molar-refractivity contribution in [2.75, 3.05) is 18.6 Å². The summed E-state index contributed by atoms with van der Waals surface area (Å²) in [6, 6.07) is -1.84. The first kappa shape index (κ1) is 13.8. The third-order valence-electron chi connectivity index (χ3n) is 3.39. The number of amides is 4. The van der Waals surface area contributed by atoms with Crippen molar-refractivity contribution < 1.29 is 22.8 Å². The van der Waals surface area contributed by atoms with Crippen molar-refractivity contribution in [3.8, 4) is 0 Å². The monoisotopic (exact) mass is 289 g/mol. The van der Waals surface area contributed by atoms with Crippen molar-refractivity contribution in [2.24, 2.45) is 0 Å². The zero-order valence-electron chi connectivity index (χ0n) is 10.4. The molecule has 2 heterocycles. The van der Waals surface area contributed by atoms with Gasteiger partial charge in [0.2, 0.25) is 5.91 Å². The van der Waals surface area contributed by atoms with Crippen LogP contribution in [-0.2, 0) is 19.4 Å². The van der Waals surface area contributed by atoms with Crippen LogP contribution in [0.3, 0.4) is 0 Å². The number of rotatable bonds is 3. The Morgan fingerprint density at radius 3 is 2.58 bits per heavy atom. The SMILES string of the molecule is CN(C(=O)C[C@@H]1NC(=O)NC1=O)[C@@H]1CCS(=O)(=O)C1. The van der Waals surface area contributed by atoms with Gasteiger partial charge in [-0.25, -0.2) is 13.2 Å². The van der Waals surface area contributed by atoms with Gasteiger partial charge in [0.25, 0.3) is 5.91 Å². The Morgan fingerprint density at radius 2 is 2.11 bits per heavy atom. The third kappa shape index (κ3) is 3.03. The van der Waals surface area contributed by atoms with E-state index in [-0.39, 0.29) is 29.9 Å². The summed E-state index contributed by atoms with van der Waals surface area (Å²) in [6.07, 6.45) is 0.248. The normalized spacial score (nSPS) is 28.9. The molecule has 2 rings (SSSR count). The molecule has 2 saturated heterocycles. The first-order valence-electron chi connectivity index (χ1n) is 5.86. The summed E-state index contributed by atoms with van der Waals surface area (Å²) in [6.45, 7) is 0. The van der Waals surface area contributed by atoms with Crippen LogP contribution in [0.2, 0.25) is 0 Å². The molecule has 106 valence electrons. The highest BCUT2D eigenvalue weighted by Crippen LogP contribution is 2.17. The van der Waals surface area contributed by atoms with Crippen LogP contribution in [-0.4, -0.2) is 61.8 Å². The van der Waals surface area contributed by atoms with E-state index < -0.39 is 27.8 Å². The average Bonchev–Trinajstić information content (AvgIpc) is 2.81. The number of hydrogen-bond acceptors (Lipinski definition) is 5. The molecule has 0 saturated carbocycles. The summed E-state index contributed by atoms with van der Waals surface area (Å²) in [5, 5.41) is 4.37. The Labute approximate surface area is 110 Å². The predicted molar refractivity (Wildman–Crippen MR) is 64.9 cm³/mol. The second-order valence-electron chi connectivity index (χ2n) is 4.78. The minimum atomic E-state index is -3.06. The number of carbonyl (C=O) groups is 3. The Bertz CT molecular complexity index is 529. The maximum absolute atomic E-state index is 11.9. The van der Waals surface area contributed by atoms with Gasteiger partial charge in [0.1, 0.15) is 6.04 Å². The van der Waals surface area contributed by atoms with E-state index in [1.54, 1.807) is 0 Å². The van der Waals surface area contributed by atoms with Crippen molar-refractivity contribution in [3.05, 3.63) is 0 Å². The molecule has 2 aliphatic heterocycles. The molecule has 4 amide bonds. The zero-order chi connectivity index (χ0) is 14.2. The van der Waals surface area contributed by atoms with Gasteiger partial charge in [-0.05, 0) is 6.42 Å². The molecule has 8 nitrogen and oxygen atoms in total. The lowest BCUT2D eigenvalue weighted by Gasteiger charge is -2.24. The van der Waals surface area contributed by atoms with Crippen LogP contribution in [0.5, 0.6) is 0 Å². The van der Waals surface area contributed by atoms with Gasteiger partial charge in [-0.2, -0.15) is 0 Å². The highest BCUT2D eigenvalue weighted by molar-refractivity contribution is 7.91. The van der Waals surface area contributed by atoms with E-state index in [9.17, 15) is 22.8 Å². The number of sulfone groups is 1. The number of hydrogen-bond donors (Lipinski definition) is 2. The smallest absolute Gasteiger partial charge is 0.322 e. The number of nitrogens with zero attached hydrogens (tertiary/aromatic N) is 1. The van der Waals surface area contributed by atoms with Gasteiger partial charge in [-0.1, -0.05) is 0 Å². The first-order valence-corrected chi connectivity index (χ1v) is 7.68. The number of urea groups is 1. The molecule has 0 unspecified atom stereocenters. The van der Waals surface area contributed by atoms with Crippen LogP contribution >= 0.6 is 0 Å². The summed E-state index contributed by atoms with van der Waals surface area (Å²) in [7, 11) is -1.55. The number of nitrogens with one attached hydrogen (secondary N) is 2. The van der Waals surface area contributed by atoms with Gasteiger partial charge in [0.05, 0.1) is 17.9 Å². The first-order chi connectivity index (χ1) is 8.78. The van der Waals surface area contributed by atoms with Gasteiger partial charge < -0.3 is 10.2 Å². The van der Waals surface area contributed by atoms with Crippen molar-refractivity contribution in [1.82, 2.24) is 15.5 Å². The lowest BCUT2D eigenvalue weighted by molar-refractivity contribution is -0.134. The average molecular weight is 289 g/mol. The van der Waals surface area contributed by atoms with E-state index >= 15 is 0 Å². The molecular weight excluding hydrogens is 274 g/mol. The molecule has 0 bridgehead atoms. The number of carbonyl (C=O) groups excluding carboxylic acids is 3. The van der Waals surface area contributed by atoms with Gasteiger partial charge in [-0.15, -0.1) is 0 Å². The summed E-state index contributed by atoms with van der Waals surface area (Å²) in [5.74, 6) is -0.857. The molecule has 2 N–H and O–H groups in total. The van der Waals surface area contributed by atoms with Gasteiger partial charge in [-0.3, -0.25) is 14.9 Å². The van der Waals surface area contributed by atoms with Crippen molar-refractivity contribution in [2.45, 2.75) is 24.9 Å². The molecular formula is C10H15N3O5S. The Morgan fingerprint density at radius 1 is 1.42 bits per heavy atom. The van der Waals surface area contributed by atoms with E-state index in [2.05, 4.69) is 5.32 Å². The van der Waals surface area contributed by atoms with Crippen LogP contribution in [0.4, 0.5) is 4.79 Å². The van der Waals surface area contributed by atoms with Crippen LogP contribution in [0.25, 0.3) is 0 Å². The van der Waals surface area contributed by atoms with Gasteiger partial charge in [0.15, 0.2) is 9.84 Å². The van der Waals surface area contributed by atoms with Crippen LogP contribution in [0, 0.1) is 0 Å². The van der Waals surface area contributed by atoms with Crippen LogP contribution in [0.15, 0.2) is 0 Å². The summed E-state index contributed by atoms with van der Waals surface area (Å²) < 4.78 is 22.7. The molecule has 2 atom stereocenters. The molecule has 9 heteroatoms. The molecule has 2 aliphatic rings. The standard InChI is InChI=1S/C10H15N3O5S/c1-13(6-2-3-19(17,18)5-6)8(14)4-7-9(15)12-10(16)11-7/h6-7H,2-5H2,1H3,(H2,11,12,15,16)/t6-,7+/m1/s1. The van der Waals surface area contributed by atoms with Crippen molar-refractivity contribution in [1.29, 1.82) is 0 Å². The van der Waals surface area contributed by atoms with Crippen LogP contribution < -0.4 is 10.6 Å². The largest absolute Gasteiger partial charge is 0.342 e. The minimum Gasteiger partial charge on any atom is -0.342 e. The minimum absolute atomic E-state index is 0.0432. The quantitative estimate of drug-likeness (QED) is 0.597. The molecule has 2 fully saturated rings. The summed E-state index contributed by atoms with van der Waals surface area (Å²) >= 11 is 0. The fourth-order valence-corrected chi connectivity index (χ4v) is 3.98. The second-order valence-corrected chi connectivity index (χ2v) is 7.01. The number of imide groups is 1. The van der Waals surface area contributed by atoms with Crippen molar-refractivity contribution in [3.63, 3.8) is 0 Å². The van der Waals surface area contributed by atoms with Crippen LogP contribution in [0.1, 0.15) is 12.8 Å². The fraction of sp³-hybridized carbons (Fsp3) is 0.700. The lowest BCUT2D eigenvalue weighted by atomic mass is 10.1. The molecule has 0 aromatic heterocycles. The van der Waals surface area contributed by atoms with E-state index in [1.165, 1.54) is 11.9 Å². The maximum atomic E-state index is 11.9. The van der Waals surface area contributed by atoms with E-state index in [0.29, 0.717) is 6.42 Å². The van der Waals surface area contributed by atoms with Gasteiger partial charge in [0, 0.05) is 13.1 Å². The fourth-order valence-electron chi connectivity index (χ4n) is 2.21. The molecule has 19 heavy (non-hydrogen) atoms. The summed E-state index contributed by atoms with van der Waals surface area (Å²) in [4.78, 5) is 35.5. The highest BCUT2D eigenvalue weighted by Gasteiger charge is 2.36. The Hall–Kier alpha value is -1.64. The highest BCUT2D eigenvalue weighted by atomic mass is 32.2. The third-order valence-corrected chi connectivity index (χ3v) is 5.14. The predicted octanol–water partition coefficient (Wildman–Crippen LogP) is -1.77. The molecule has 0 aliphatic carbocycles. The van der Waals surface area contributed by atoms with E-state index in [1.807, 2.05) is 5.32 Å². The van der Waals surface area contributed by atoms with Gasteiger partial charge >= 0.3 is 6.03 Å². The molecule has 0 aromatic carbocycles. The zero-order valence-corrected chi connectivity index (χ0v) is 11.2. The molecule has 0 spiro atoms. The van der Waals surface area contributed by atoms with E-state index in [4.69, 9.17) is 0 Å². The Balaban J connectivity index is 1.93. The Kier molecular flexibility index (Phi) is 3.48. The molecule has 0 aromatic rings. The second kappa shape index (κ2) is 4.80. The maximum Gasteiger partial charge on any atom is 0.322 e. The van der Waals surface area contributed by atoms with E-state index in [0.717, 1.165) is 0 Å². The topological polar surface area (TPSA) is 113 Å². The summed E-state index contributed by atoms with van der Waals surface area (Å²) in [5.41, 5.74) is 0. The lowest BCUT2D eigenvalue weighted by Crippen LogP contribution is -2.42. The van der Waals surface area contributed by atoms with Crippen molar-refractivity contribution >= 4 is 27.7 Å². The molecule has 0 radical (unpaired) electrons.